The van der Waals surface area contributed by atoms with Crippen molar-refractivity contribution in [3.8, 4) is 0 Å². The highest BCUT2D eigenvalue weighted by Gasteiger charge is 2.28. The van der Waals surface area contributed by atoms with Crippen molar-refractivity contribution in [3.05, 3.63) is 58.1 Å². The smallest absolute Gasteiger partial charge is 0.310 e. The van der Waals surface area contributed by atoms with Gasteiger partial charge in [0.2, 0.25) is 0 Å². The molecule has 1 atom stereocenters. The van der Waals surface area contributed by atoms with Gasteiger partial charge in [0.25, 0.3) is 0 Å². The molecule has 1 aliphatic heterocycles. The Morgan fingerprint density at radius 1 is 1.18 bits per heavy atom. The molecule has 1 fully saturated rings. The number of nitrogens with zero attached hydrogens (tertiary/aromatic N) is 3. The van der Waals surface area contributed by atoms with E-state index in [4.69, 9.17) is 21.3 Å². The van der Waals surface area contributed by atoms with E-state index in [9.17, 15) is 4.79 Å². The van der Waals surface area contributed by atoms with E-state index in [1.807, 2.05) is 25.1 Å². The topological polar surface area (TPSA) is 45.7 Å². The average molecular weight is 486 g/mol. The molecule has 0 unspecified atom stereocenters. The van der Waals surface area contributed by atoms with Gasteiger partial charge in [-0.1, -0.05) is 60.0 Å². The first-order chi connectivity index (χ1) is 15.9. The molecule has 1 aromatic heterocycles. The summed E-state index contributed by atoms with van der Waals surface area (Å²) in [5.41, 5.74) is 4.49. The number of ether oxygens (including phenoxy) is 1. The van der Waals surface area contributed by atoms with Crippen LogP contribution in [0.1, 0.15) is 43.4 Å². The number of halogens is 1. The first-order valence-electron chi connectivity index (χ1n) is 11.7. The minimum atomic E-state index is -0.164. The molecule has 2 heterocycles. The van der Waals surface area contributed by atoms with Gasteiger partial charge < -0.3 is 9.64 Å². The van der Waals surface area contributed by atoms with Crippen LogP contribution in [0.4, 0.5) is 5.13 Å². The molecule has 4 rings (SSSR count). The molecule has 0 aliphatic carbocycles. The fraction of sp³-hybridized carbons (Fsp3) is 0.462. The number of aryl methyl sites for hydroxylation is 1. The third kappa shape index (κ3) is 6.05. The molecule has 0 saturated carbocycles. The molecule has 33 heavy (non-hydrogen) atoms. The summed E-state index contributed by atoms with van der Waals surface area (Å²) in [7, 11) is 0. The zero-order valence-corrected chi connectivity index (χ0v) is 21.2. The van der Waals surface area contributed by atoms with Crippen molar-refractivity contribution >= 4 is 44.3 Å². The molecule has 0 spiro atoms. The molecule has 0 amide bonds. The lowest BCUT2D eigenvalue weighted by Crippen LogP contribution is -2.52. The minimum absolute atomic E-state index is 0.164. The van der Waals surface area contributed by atoms with E-state index in [1.165, 1.54) is 11.1 Å². The number of aromatic nitrogens is 1. The fourth-order valence-corrected chi connectivity index (χ4v) is 6.02. The Labute approximate surface area is 205 Å². The normalized spacial score (nSPS) is 17.0. The third-order valence-corrected chi connectivity index (χ3v) is 7.32. The summed E-state index contributed by atoms with van der Waals surface area (Å²) in [6, 6.07) is 12.8. The van der Waals surface area contributed by atoms with Gasteiger partial charge in [0.05, 0.1) is 23.2 Å². The molecule has 3 aromatic rings. The Kier molecular flexibility index (Phi) is 7.89. The Morgan fingerprint density at radius 3 is 2.79 bits per heavy atom. The molecular formula is C26H32ClN3O2S. The van der Waals surface area contributed by atoms with Gasteiger partial charge >= 0.3 is 5.97 Å². The summed E-state index contributed by atoms with van der Waals surface area (Å²) in [5.74, 6) is -0.164. The van der Waals surface area contributed by atoms with Gasteiger partial charge in [0, 0.05) is 37.2 Å². The molecular weight excluding hydrogens is 454 g/mol. The van der Waals surface area contributed by atoms with Crippen LogP contribution in [0.2, 0.25) is 5.02 Å². The maximum Gasteiger partial charge on any atom is 0.310 e. The Hall–Kier alpha value is -2.15. The number of hydrogen-bond acceptors (Lipinski definition) is 6. The number of thiazole rings is 1. The van der Waals surface area contributed by atoms with E-state index < -0.39 is 0 Å². The van der Waals surface area contributed by atoms with Gasteiger partial charge in [-0.05, 0) is 49.6 Å². The molecule has 0 bridgehead atoms. The highest BCUT2D eigenvalue weighted by Crippen LogP contribution is 2.33. The van der Waals surface area contributed by atoms with Gasteiger partial charge in [-0.15, -0.1) is 0 Å². The van der Waals surface area contributed by atoms with Crippen LogP contribution in [-0.2, 0) is 22.5 Å². The van der Waals surface area contributed by atoms with Crippen molar-refractivity contribution in [2.45, 2.75) is 52.6 Å². The first kappa shape index (κ1) is 24.0. The second-order valence-electron chi connectivity index (χ2n) is 8.79. The number of esters is 1. The first-order valence-corrected chi connectivity index (χ1v) is 12.9. The van der Waals surface area contributed by atoms with E-state index in [2.05, 4.69) is 41.8 Å². The lowest BCUT2D eigenvalue weighted by Gasteiger charge is -2.41. The number of anilines is 1. The molecule has 1 saturated heterocycles. The predicted octanol–water partition coefficient (Wildman–Crippen LogP) is 5.85. The Morgan fingerprint density at radius 2 is 2.00 bits per heavy atom. The van der Waals surface area contributed by atoms with E-state index in [-0.39, 0.29) is 5.97 Å². The van der Waals surface area contributed by atoms with Crippen LogP contribution in [0.5, 0.6) is 0 Å². The minimum Gasteiger partial charge on any atom is -0.466 e. The predicted molar refractivity (Wildman–Crippen MR) is 137 cm³/mol. The van der Waals surface area contributed by atoms with Crippen molar-refractivity contribution in [2.75, 3.05) is 31.1 Å². The number of carbonyl (C=O) groups is 1. The number of piperazine rings is 1. The third-order valence-electron chi connectivity index (χ3n) is 6.03. The summed E-state index contributed by atoms with van der Waals surface area (Å²) in [6.45, 7) is 10.4. The average Bonchev–Trinajstić information content (AvgIpc) is 3.16. The maximum absolute atomic E-state index is 11.9. The van der Waals surface area contributed by atoms with Crippen LogP contribution in [-0.4, -0.2) is 48.1 Å². The highest BCUT2D eigenvalue weighted by molar-refractivity contribution is 7.22. The number of carbonyl (C=O) groups excluding carboxylic acids is 1. The van der Waals surface area contributed by atoms with Gasteiger partial charge in [0.1, 0.15) is 0 Å². The SMILES string of the molecule is CCC[C@@H]1CN(Cc2cc(C)cc(CC(=O)OCC)c2)CCN1c1nc2ccc(Cl)cc2s1. The van der Waals surface area contributed by atoms with E-state index in [0.717, 1.165) is 65.0 Å². The van der Waals surface area contributed by atoms with E-state index >= 15 is 0 Å². The van der Waals surface area contributed by atoms with Crippen molar-refractivity contribution in [2.24, 2.45) is 0 Å². The lowest BCUT2D eigenvalue weighted by atomic mass is 10.0. The second-order valence-corrected chi connectivity index (χ2v) is 10.2. The standard InChI is InChI=1S/C26H32ClN3O2S/c1-4-6-22-17-29(16-20-12-18(3)11-19(13-20)14-25(31)32-5-2)9-10-30(22)26-28-23-8-7-21(27)15-24(23)33-26/h7-8,11-13,15,22H,4-6,9-10,14,16-17H2,1-3H3/t22-/m1/s1. The largest absolute Gasteiger partial charge is 0.466 e. The molecule has 2 aromatic carbocycles. The molecule has 1 aliphatic rings. The number of hydrogen-bond donors (Lipinski definition) is 0. The lowest BCUT2D eigenvalue weighted by molar-refractivity contribution is -0.142. The monoisotopic (exact) mass is 485 g/mol. The zero-order valence-electron chi connectivity index (χ0n) is 19.6. The molecule has 0 N–H and O–H groups in total. The van der Waals surface area contributed by atoms with Crippen LogP contribution in [0, 0.1) is 6.92 Å². The quantitative estimate of drug-likeness (QED) is 0.374. The van der Waals surface area contributed by atoms with Crippen molar-refractivity contribution in [1.29, 1.82) is 0 Å². The number of benzene rings is 2. The molecule has 5 nitrogen and oxygen atoms in total. The van der Waals surface area contributed by atoms with Crippen molar-refractivity contribution in [3.63, 3.8) is 0 Å². The van der Waals surface area contributed by atoms with Crippen molar-refractivity contribution < 1.29 is 9.53 Å². The Balaban J connectivity index is 1.47. The molecule has 7 heteroatoms. The number of rotatable bonds is 8. The van der Waals surface area contributed by atoms with E-state index in [1.54, 1.807) is 11.3 Å². The molecule has 176 valence electrons. The summed E-state index contributed by atoms with van der Waals surface area (Å²) in [5, 5.41) is 1.85. The summed E-state index contributed by atoms with van der Waals surface area (Å²) < 4.78 is 6.27. The second kappa shape index (κ2) is 10.9. The zero-order chi connectivity index (χ0) is 23.4. The van der Waals surface area contributed by atoms with Gasteiger partial charge in [-0.25, -0.2) is 4.98 Å². The maximum atomic E-state index is 11.9. The van der Waals surface area contributed by atoms with Gasteiger partial charge in [-0.2, -0.15) is 0 Å². The van der Waals surface area contributed by atoms with Crippen LogP contribution >= 0.6 is 22.9 Å². The van der Waals surface area contributed by atoms with Gasteiger partial charge in [0.15, 0.2) is 5.13 Å². The van der Waals surface area contributed by atoms with Crippen LogP contribution in [0.25, 0.3) is 10.2 Å². The summed E-state index contributed by atoms with van der Waals surface area (Å²) >= 11 is 7.92. The van der Waals surface area contributed by atoms with E-state index in [0.29, 0.717) is 19.1 Å². The summed E-state index contributed by atoms with van der Waals surface area (Å²) in [6.07, 6.45) is 2.60. The molecule has 0 radical (unpaired) electrons. The Bertz CT molecular complexity index is 1120. The van der Waals surface area contributed by atoms with Crippen LogP contribution < -0.4 is 4.90 Å². The van der Waals surface area contributed by atoms with Crippen LogP contribution in [0.3, 0.4) is 0 Å². The van der Waals surface area contributed by atoms with Crippen molar-refractivity contribution in [1.82, 2.24) is 9.88 Å². The fourth-order valence-electron chi connectivity index (χ4n) is 4.68. The van der Waals surface area contributed by atoms with Crippen LogP contribution in [0.15, 0.2) is 36.4 Å². The number of fused-ring (bicyclic) bond motifs is 1. The van der Waals surface area contributed by atoms with Gasteiger partial charge in [-0.3, -0.25) is 9.69 Å². The highest BCUT2D eigenvalue weighted by atomic mass is 35.5. The summed E-state index contributed by atoms with van der Waals surface area (Å²) in [4.78, 5) is 21.9.